The Kier molecular flexibility index (Phi) is 4.09. The Morgan fingerprint density at radius 2 is 1.87 bits per heavy atom. The van der Waals surface area contributed by atoms with E-state index >= 15 is 0 Å². The van der Waals surface area contributed by atoms with Gasteiger partial charge in [0.05, 0.1) is 6.54 Å². The quantitative estimate of drug-likeness (QED) is 0.674. The van der Waals surface area contributed by atoms with Crippen LogP contribution in [0.3, 0.4) is 0 Å². The zero-order valence-corrected chi connectivity index (χ0v) is 8.19. The SMILES string of the molecule is C=Cc1ccccc1.O=C1CNC(=O)N1. The number of benzene rings is 1. The Morgan fingerprint density at radius 3 is 2.13 bits per heavy atom. The maximum atomic E-state index is 10.1. The number of amides is 3. The molecule has 1 aromatic rings. The molecule has 1 aliphatic rings. The van der Waals surface area contributed by atoms with Crippen molar-refractivity contribution in [3.8, 4) is 0 Å². The Hall–Kier alpha value is -2.10. The molecule has 0 radical (unpaired) electrons. The van der Waals surface area contributed by atoms with Crippen molar-refractivity contribution in [2.24, 2.45) is 0 Å². The summed E-state index contributed by atoms with van der Waals surface area (Å²) >= 11 is 0. The second-order valence-electron chi connectivity index (χ2n) is 2.85. The number of carbonyl (C=O) groups excluding carboxylic acids is 2. The minimum absolute atomic E-state index is 0.124. The average Bonchev–Trinajstić information content (AvgIpc) is 2.65. The normalized spacial score (nSPS) is 13.3. The molecule has 0 bridgehead atoms. The molecule has 2 N–H and O–H groups in total. The number of carbonyl (C=O) groups is 2. The first-order chi connectivity index (χ1) is 7.22. The Morgan fingerprint density at radius 1 is 1.20 bits per heavy atom. The number of nitrogens with one attached hydrogen (secondary N) is 2. The summed E-state index contributed by atoms with van der Waals surface area (Å²) < 4.78 is 0. The van der Waals surface area contributed by atoms with Gasteiger partial charge >= 0.3 is 6.03 Å². The van der Waals surface area contributed by atoms with Crippen LogP contribution in [0.4, 0.5) is 4.79 Å². The fraction of sp³-hybridized carbons (Fsp3) is 0.0909. The first-order valence-electron chi connectivity index (χ1n) is 4.47. The van der Waals surface area contributed by atoms with Crippen LogP contribution in [-0.4, -0.2) is 18.5 Å². The number of imide groups is 1. The summed E-state index contributed by atoms with van der Waals surface area (Å²) in [7, 11) is 0. The van der Waals surface area contributed by atoms with E-state index in [1.54, 1.807) is 0 Å². The van der Waals surface area contributed by atoms with E-state index in [9.17, 15) is 9.59 Å². The molecule has 4 nitrogen and oxygen atoms in total. The third-order valence-corrected chi connectivity index (χ3v) is 1.70. The van der Waals surface area contributed by atoms with E-state index in [4.69, 9.17) is 0 Å². The maximum Gasteiger partial charge on any atom is 0.321 e. The zero-order chi connectivity index (χ0) is 11.1. The Labute approximate surface area is 88.0 Å². The van der Waals surface area contributed by atoms with Crippen LogP contribution < -0.4 is 10.6 Å². The second kappa shape index (κ2) is 5.59. The van der Waals surface area contributed by atoms with Crippen molar-refractivity contribution in [1.82, 2.24) is 10.6 Å². The minimum atomic E-state index is -0.398. The lowest BCUT2D eigenvalue weighted by atomic mass is 10.2. The van der Waals surface area contributed by atoms with Gasteiger partial charge in [-0.1, -0.05) is 43.0 Å². The standard InChI is InChI=1S/C8H8.C3H4N2O2/c1-2-8-6-4-3-5-7-8;6-2-1-4-3(7)5-2/h2-7H,1H2;1H2,(H2,4,5,6,7). The van der Waals surface area contributed by atoms with E-state index in [1.807, 2.05) is 41.7 Å². The summed E-state index contributed by atoms with van der Waals surface area (Å²) in [5.74, 6) is -0.259. The molecule has 0 saturated carbocycles. The highest BCUT2D eigenvalue weighted by molar-refractivity contribution is 6.01. The number of hydrogen-bond acceptors (Lipinski definition) is 2. The molecule has 1 aromatic carbocycles. The molecule has 1 saturated heterocycles. The van der Waals surface area contributed by atoms with Crippen molar-refractivity contribution in [3.05, 3.63) is 42.5 Å². The van der Waals surface area contributed by atoms with Gasteiger partial charge in [0.15, 0.2) is 0 Å². The summed E-state index contributed by atoms with van der Waals surface area (Å²) in [5.41, 5.74) is 1.17. The largest absolute Gasteiger partial charge is 0.329 e. The molecule has 2 rings (SSSR count). The number of rotatable bonds is 1. The topological polar surface area (TPSA) is 58.2 Å². The summed E-state index contributed by atoms with van der Waals surface area (Å²) in [5, 5.41) is 4.30. The molecule has 1 aliphatic heterocycles. The van der Waals surface area contributed by atoms with Crippen LogP contribution in [0, 0.1) is 0 Å². The monoisotopic (exact) mass is 204 g/mol. The molecule has 78 valence electrons. The third kappa shape index (κ3) is 4.08. The highest BCUT2D eigenvalue weighted by atomic mass is 16.2. The van der Waals surface area contributed by atoms with Gasteiger partial charge in [-0.15, -0.1) is 0 Å². The second-order valence-corrected chi connectivity index (χ2v) is 2.85. The van der Waals surface area contributed by atoms with Crippen LogP contribution in [0.25, 0.3) is 6.08 Å². The molecule has 4 heteroatoms. The van der Waals surface area contributed by atoms with Gasteiger partial charge < -0.3 is 5.32 Å². The smallest absolute Gasteiger partial charge is 0.321 e. The molecule has 1 heterocycles. The van der Waals surface area contributed by atoms with E-state index < -0.39 is 6.03 Å². The van der Waals surface area contributed by atoms with Crippen molar-refractivity contribution < 1.29 is 9.59 Å². The van der Waals surface area contributed by atoms with Crippen LogP contribution >= 0.6 is 0 Å². The molecule has 0 aromatic heterocycles. The fourth-order valence-corrected chi connectivity index (χ4v) is 0.965. The van der Waals surface area contributed by atoms with Crippen LogP contribution in [0.5, 0.6) is 0 Å². The van der Waals surface area contributed by atoms with Crippen LogP contribution in [0.1, 0.15) is 5.56 Å². The molecule has 0 aliphatic carbocycles. The van der Waals surface area contributed by atoms with Gasteiger partial charge in [-0.25, -0.2) is 4.79 Å². The number of urea groups is 1. The number of hydrogen-bond donors (Lipinski definition) is 2. The van der Waals surface area contributed by atoms with E-state index in [0.717, 1.165) is 0 Å². The molecule has 3 amide bonds. The molecule has 1 fully saturated rings. The van der Waals surface area contributed by atoms with Crippen molar-refractivity contribution in [1.29, 1.82) is 0 Å². The summed E-state index contributed by atoms with van der Waals surface area (Å²) in [6.07, 6.45) is 1.83. The Bertz CT molecular complexity index is 346. The van der Waals surface area contributed by atoms with Crippen LogP contribution in [0.2, 0.25) is 0 Å². The van der Waals surface area contributed by atoms with E-state index in [2.05, 4.69) is 11.9 Å². The predicted octanol–water partition coefficient (Wildman–Crippen LogP) is 1.16. The van der Waals surface area contributed by atoms with Crippen LogP contribution in [0.15, 0.2) is 36.9 Å². The Balaban J connectivity index is 0.000000151. The fourth-order valence-electron chi connectivity index (χ4n) is 0.965. The predicted molar refractivity (Wildman–Crippen MR) is 58.1 cm³/mol. The molecule has 15 heavy (non-hydrogen) atoms. The van der Waals surface area contributed by atoms with E-state index in [1.165, 1.54) is 5.56 Å². The van der Waals surface area contributed by atoms with Gasteiger partial charge in [0.25, 0.3) is 0 Å². The van der Waals surface area contributed by atoms with Crippen molar-refractivity contribution in [3.63, 3.8) is 0 Å². The first kappa shape index (κ1) is 11.0. The van der Waals surface area contributed by atoms with Gasteiger partial charge in [-0.2, -0.15) is 0 Å². The minimum Gasteiger partial charge on any atom is -0.329 e. The highest BCUT2D eigenvalue weighted by Gasteiger charge is 2.14. The summed E-state index contributed by atoms with van der Waals surface area (Å²) in [6, 6.07) is 9.63. The van der Waals surface area contributed by atoms with Gasteiger partial charge in [-0.05, 0) is 5.56 Å². The van der Waals surface area contributed by atoms with Gasteiger partial charge in [0.1, 0.15) is 0 Å². The molecular formula is C11H12N2O2. The lowest BCUT2D eigenvalue weighted by Gasteiger charge is -1.85. The maximum absolute atomic E-state index is 10.1. The summed E-state index contributed by atoms with van der Waals surface area (Å²) in [6.45, 7) is 3.75. The molecule has 0 atom stereocenters. The lowest BCUT2D eigenvalue weighted by molar-refractivity contribution is -0.117. The average molecular weight is 204 g/mol. The van der Waals surface area contributed by atoms with E-state index in [0.29, 0.717) is 0 Å². The first-order valence-corrected chi connectivity index (χ1v) is 4.47. The van der Waals surface area contributed by atoms with Gasteiger partial charge in [0.2, 0.25) is 5.91 Å². The molecule has 0 unspecified atom stereocenters. The van der Waals surface area contributed by atoms with Gasteiger partial charge in [-0.3, -0.25) is 10.1 Å². The van der Waals surface area contributed by atoms with Crippen LogP contribution in [-0.2, 0) is 4.79 Å². The highest BCUT2D eigenvalue weighted by Crippen LogP contribution is 1.97. The van der Waals surface area contributed by atoms with E-state index in [-0.39, 0.29) is 12.5 Å². The summed E-state index contributed by atoms with van der Waals surface area (Å²) in [4.78, 5) is 20.1. The van der Waals surface area contributed by atoms with Crippen molar-refractivity contribution in [2.75, 3.05) is 6.54 Å². The zero-order valence-electron chi connectivity index (χ0n) is 8.19. The molecular weight excluding hydrogens is 192 g/mol. The van der Waals surface area contributed by atoms with Gasteiger partial charge in [0, 0.05) is 0 Å². The van der Waals surface area contributed by atoms with Crippen molar-refractivity contribution in [2.45, 2.75) is 0 Å². The third-order valence-electron chi connectivity index (χ3n) is 1.70. The molecule has 0 spiro atoms. The van der Waals surface area contributed by atoms with Crippen molar-refractivity contribution >= 4 is 18.0 Å². The lowest BCUT2D eigenvalue weighted by Crippen LogP contribution is -2.22.